The fraction of sp³-hybridized carbons (Fsp3) is 0.636. The second-order valence-electron chi connectivity index (χ2n) is 3.69. The number of aryl methyl sites for hydroxylation is 1. The van der Waals surface area contributed by atoms with Gasteiger partial charge in [-0.25, -0.2) is 4.79 Å². The van der Waals surface area contributed by atoms with E-state index >= 15 is 0 Å². The zero-order valence-corrected chi connectivity index (χ0v) is 9.99. The molecule has 5 heteroatoms. The molecule has 1 N–H and O–H groups in total. The lowest BCUT2D eigenvalue weighted by atomic mass is 10.2. The monoisotopic (exact) mass is 226 g/mol. The first-order chi connectivity index (χ1) is 7.57. The van der Waals surface area contributed by atoms with Crippen molar-refractivity contribution in [2.24, 2.45) is 0 Å². The van der Waals surface area contributed by atoms with Crippen molar-refractivity contribution in [2.45, 2.75) is 33.7 Å². The van der Waals surface area contributed by atoms with Crippen LogP contribution in [0.25, 0.3) is 0 Å². The molecule has 0 saturated carbocycles. The molecule has 0 bridgehead atoms. The minimum atomic E-state index is -0.921. The molecule has 0 aromatic carbocycles. The number of nitrogens with zero attached hydrogens (tertiary/aromatic N) is 2. The summed E-state index contributed by atoms with van der Waals surface area (Å²) in [4.78, 5) is 10.9. The van der Waals surface area contributed by atoms with Gasteiger partial charge in [0.2, 0.25) is 0 Å². The third-order valence-electron chi connectivity index (χ3n) is 2.39. The van der Waals surface area contributed by atoms with Crippen LogP contribution in [0.1, 0.15) is 35.1 Å². The number of hydrogen-bond donors (Lipinski definition) is 1. The van der Waals surface area contributed by atoms with Gasteiger partial charge in [-0.2, -0.15) is 5.10 Å². The molecule has 1 heterocycles. The van der Waals surface area contributed by atoms with Gasteiger partial charge in [0.25, 0.3) is 0 Å². The minimum absolute atomic E-state index is 0.301. The predicted molar refractivity (Wildman–Crippen MR) is 59.8 cm³/mol. The number of carboxylic acids is 1. The summed E-state index contributed by atoms with van der Waals surface area (Å²) >= 11 is 0. The third-order valence-corrected chi connectivity index (χ3v) is 2.39. The maximum absolute atomic E-state index is 10.9. The van der Waals surface area contributed by atoms with Gasteiger partial charge in [0.05, 0.1) is 24.5 Å². The molecule has 5 nitrogen and oxygen atoms in total. The summed E-state index contributed by atoms with van der Waals surface area (Å²) in [5.41, 5.74) is 1.54. The van der Waals surface area contributed by atoms with Gasteiger partial charge in [-0.1, -0.05) is 6.92 Å². The number of ether oxygens (including phenoxy) is 1. The highest BCUT2D eigenvalue weighted by atomic mass is 16.5. The highest BCUT2D eigenvalue weighted by Gasteiger charge is 2.17. The van der Waals surface area contributed by atoms with Crippen molar-refractivity contribution in [1.82, 2.24) is 9.78 Å². The van der Waals surface area contributed by atoms with E-state index in [0.717, 1.165) is 13.0 Å². The Labute approximate surface area is 95.0 Å². The molecule has 1 aromatic heterocycles. The summed E-state index contributed by atoms with van der Waals surface area (Å²) in [5.74, 6) is -0.921. The standard InChI is InChI=1S/C11H18N2O3/c1-4-6-16-7-5-13-9(3)10(11(14)15)8(2)12-13/h4-7H2,1-3H3,(H,14,15). The zero-order chi connectivity index (χ0) is 12.1. The zero-order valence-electron chi connectivity index (χ0n) is 9.99. The van der Waals surface area contributed by atoms with Gasteiger partial charge in [-0.05, 0) is 20.3 Å². The van der Waals surface area contributed by atoms with Crippen molar-refractivity contribution in [3.8, 4) is 0 Å². The Hall–Kier alpha value is -1.36. The van der Waals surface area contributed by atoms with Crippen molar-refractivity contribution in [3.63, 3.8) is 0 Å². The second kappa shape index (κ2) is 5.65. The average molecular weight is 226 g/mol. The molecule has 0 atom stereocenters. The van der Waals surface area contributed by atoms with Gasteiger partial charge in [0.1, 0.15) is 5.56 Å². The van der Waals surface area contributed by atoms with Crippen LogP contribution in [0.15, 0.2) is 0 Å². The van der Waals surface area contributed by atoms with Crippen LogP contribution in [-0.2, 0) is 11.3 Å². The fourth-order valence-electron chi connectivity index (χ4n) is 1.62. The first kappa shape index (κ1) is 12.7. The Morgan fingerprint density at radius 3 is 2.62 bits per heavy atom. The molecule has 16 heavy (non-hydrogen) atoms. The molecule has 0 radical (unpaired) electrons. The predicted octanol–water partition coefficient (Wildman–Crippen LogP) is 1.62. The molecule has 1 rings (SSSR count). The molecular formula is C11H18N2O3. The summed E-state index contributed by atoms with van der Waals surface area (Å²) in [7, 11) is 0. The molecule has 1 aromatic rings. The van der Waals surface area contributed by atoms with Crippen molar-refractivity contribution in [2.75, 3.05) is 13.2 Å². The van der Waals surface area contributed by atoms with E-state index in [2.05, 4.69) is 5.10 Å². The first-order valence-electron chi connectivity index (χ1n) is 5.43. The van der Waals surface area contributed by atoms with Crippen molar-refractivity contribution >= 4 is 5.97 Å². The average Bonchev–Trinajstić information content (AvgIpc) is 2.49. The molecule has 0 unspecified atom stereocenters. The first-order valence-corrected chi connectivity index (χ1v) is 5.43. The Bertz CT molecular complexity index is 372. The van der Waals surface area contributed by atoms with Gasteiger partial charge < -0.3 is 9.84 Å². The van der Waals surface area contributed by atoms with Gasteiger partial charge >= 0.3 is 5.97 Å². The van der Waals surface area contributed by atoms with E-state index in [1.54, 1.807) is 18.5 Å². The smallest absolute Gasteiger partial charge is 0.339 e. The van der Waals surface area contributed by atoms with Crippen molar-refractivity contribution in [1.29, 1.82) is 0 Å². The number of rotatable bonds is 6. The Balaban J connectivity index is 2.67. The molecule has 0 spiro atoms. The van der Waals surface area contributed by atoms with E-state index in [0.29, 0.717) is 30.1 Å². The van der Waals surface area contributed by atoms with Gasteiger partial charge in [-0.3, -0.25) is 4.68 Å². The van der Waals surface area contributed by atoms with Crippen molar-refractivity contribution < 1.29 is 14.6 Å². The lowest BCUT2D eigenvalue weighted by molar-refractivity contribution is 0.0695. The Morgan fingerprint density at radius 2 is 2.12 bits per heavy atom. The van der Waals surface area contributed by atoms with Gasteiger partial charge in [0, 0.05) is 6.61 Å². The molecule has 0 fully saturated rings. The summed E-state index contributed by atoms with van der Waals surface area (Å²) in [6.07, 6.45) is 0.984. The molecule has 0 amide bonds. The van der Waals surface area contributed by atoms with Crippen LogP contribution in [0.3, 0.4) is 0 Å². The summed E-state index contributed by atoms with van der Waals surface area (Å²) in [6.45, 7) is 7.41. The largest absolute Gasteiger partial charge is 0.478 e. The fourth-order valence-corrected chi connectivity index (χ4v) is 1.62. The van der Waals surface area contributed by atoms with Crippen LogP contribution in [0.2, 0.25) is 0 Å². The van der Waals surface area contributed by atoms with E-state index in [1.165, 1.54) is 0 Å². The highest BCUT2D eigenvalue weighted by molar-refractivity contribution is 5.90. The van der Waals surface area contributed by atoms with E-state index in [4.69, 9.17) is 9.84 Å². The maximum atomic E-state index is 10.9. The summed E-state index contributed by atoms with van der Waals surface area (Å²) < 4.78 is 7.03. The lowest BCUT2D eigenvalue weighted by Crippen LogP contribution is -2.10. The second-order valence-corrected chi connectivity index (χ2v) is 3.69. The molecule has 90 valence electrons. The van der Waals surface area contributed by atoms with Crippen LogP contribution in [0, 0.1) is 13.8 Å². The highest BCUT2D eigenvalue weighted by Crippen LogP contribution is 2.12. The number of aromatic nitrogens is 2. The summed E-state index contributed by atoms with van der Waals surface area (Å²) in [5, 5.41) is 13.2. The van der Waals surface area contributed by atoms with E-state index in [1.807, 2.05) is 6.92 Å². The molecule has 0 aliphatic carbocycles. The van der Waals surface area contributed by atoms with E-state index in [-0.39, 0.29) is 0 Å². The van der Waals surface area contributed by atoms with Crippen LogP contribution in [0.4, 0.5) is 0 Å². The number of carboxylic acid groups (broad SMARTS) is 1. The minimum Gasteiger partial charge on any atom is -0.478 e. The maximum Gasteiger partial charge on any atom is 0.339 e. The number of hydrogen-bond acceptors (Lipinski definition) is 3. The molecular weight excluding hydrogens is 208 g/mol. The number of carbonyl (C=O) groups is 1. The van der Waals surface area contributed by atoms with Crippen LogP contribution in [-0.4, -0.2) is 34.1 Å². The number of aromatic carboxylic acids is 1. The van der Waals surface area contributed by atoms with E-state index in [9.17, 15) is 4.79 Å². The normalized spacial score (nSPS) is 10.7. The Kier molecular flexibility index (Phi) is 4.49. The molecule has 0 aliphatic rings. The quantitative estimate of drug-likeness (QED) is 0.749. The van der Waals surface area contributed by atoms with Crippen LogP contribution < -0.4 is 0 Å². The molecule has 0 saturated heterocycles. The third kappa shape index (κ3) is 2.82. The van der Waals surface area contributed by atoms with Crippen molar-refractivity contribution in [3.05, 3.63) is 17.0 Å². The Morgan fingerprint density at radius 1 is 1.44 bits per heavy atom. The van der Waals surface area contributed by atoms with Gasteiger partial charge in [-0.15, -0.1) is 0 Å². The van der Waals surface area contributed by atoms with Gasteiger partial charge in [0.15, 0.2) is 0 Å². The lowest BCUT2D eigenvalue weighted by Gasteiger charge is -2.05. The molecule has 0 aliphatic heterocycles. The van der Waals surface area contributed by atoms with E-state index < -0.39 is 5.97 Å². The van der Waals surface area contributed by atoms with Crippen LogP contribution >= 0.6 is 0 Å². The summed E-state index contributed by atoms with van der Waals surface area (Å²) in [6, 6.07) is 0. The SMILES string of the molecule is CCCOCCn1nc(C)c(C(=O)O)c1C. The van der Waals surface area contributed by atoms with Crippen LogP contribution in [0.5, 0.6) is 0 Å². The topological polar surface area (TPSA) is 64.4 Å².